The van der Waals surface area contributed by atoms with Gasteiger partial charge < -0.3 is 24.8 Å². The van der Waals surface area contributed by atoms with E-state index in [1.807, 2.05) is 44.2 Å². The van der Waals surface area contributed by atoms with Gasteiger partial charge in [-0.3, -0.25) is 0 Å². The standard InChI is InChI=1S/C24H28N2O5/c1-5-29-17-12-13-18(19(14-17)30-6-2)22-20(23(27)31-15(3)4)21(25-24(28)26-22)16-10-8-7-9-11-16/h7-15,22H,5-6H2,1-4H3,(H2,25,26,28). The van der Waals surface area contributed by atoms with Gasteiger partial charge in [-0.25, -0.2) is 9.59 Å². The molecule has 1 unspecified atom stereocenters. The highest BCUT2D eigenvalue weighted by atomic mass is 16.5. The number of hydrogen-bond acceptors (Lipinski definition) is 5. The molecular formula is C24H28N2O5. The first-order chi connectivity index (χ1) is 14.9. The van der Waals surface area contributed by atoms with E-state index in [0.29, 0.717) is 47.1 Å². The number of carbonyl (C=O) groups excluding carboxylic acids is 2. The Hall–Kier alpha value is -3.48. The summed E-state index contributed by atoms with van der Waals surface area (Å²) in [5.41, 5.74) is 2.08. The minimum atomic E-state index is -0.757. The smallest absolute Gasteiger partial charge is 0.338 e. The van der Waals surface area contributed by atoms with Gasteiger partial charge >= 0.3 is 12.0 Å². The zero-order valence-electron chi connectivity index (χ0n) is 18.2. The summed E-state index contributed by atoms with van der Waals surface area (Å²) in [5, 5.41) is 5.64. The van der Waals surface area contributed by atoms with Gasteiger partial charge in [-0.15, -0.1) is 0 Å². The van der Waals surface area contributed by atoms with Crippen molar-refractivity contribution in [1.29, 1.82) is 0 Å². The zero-order valence-corrected chi connectivity index (χ0v) is 18.2. The summed E-state index contributed by atoms with van der Waals surface area (Å²) >= 11 is 0. The van der Waals surface area contributed by atoms with Crippen LogP contribution in [0.25, 0.3) is 5.70 Å². The minimum absolute atomic E-state index is 0.310. The fourth-order valence-electron chi connectivity index (χ4n) is 3.42. The largest absolute Gasteiger partial charge is 0.494 e. The van der Waals surface area contributed by atoms with Gasteiger partial charge in [0.2, 0.25) is 0 Å². The molecule has 2 aromatic carbocycles. The second-order valence-corrected chi connectivity index (χ2v) is 7.21. The predicted octanol–water partition coefficient (Wildman–Crippen LogP) is 4.20. The molecule has 0 aliphatic carbocycles. The molecule has 2 aromatic rings. The molecule has 164 valence electrons. The number of carbonyl (C=O) groups is 2. The predicted molar refractivity (Wildman–Crippen MR) is 118 cm³/mol. The first-order valence-electron chi connectivity index (χ1n) is 10.4. The molecule has 0 spiro atoms. The summed E-state index contributed by atoms with van der Waals surface area (Å²) in [7, 11) is 0. The maximum atomic E-state index is 13.2. The van der Waals surface area contributed by atoms with E-state index >= 15 is 0 Å². The Morgan fingerprint density at radius 3 is 2.39 bits per heavy atom. The third-order valence-electron chi connectivity index (χ3n) is 4.60. The van der Waals surface area contributed by atoms with Crippen molar-refractivity contribution in [3.63, 3.8) is 0 Å². The molecule has 0 bridgehead atoms. The molecule has 3 rings (SSSR count). The van der Waals surface area contributed by atoms with Crippen LogP contribution in [0.2, 0.25) is 0 Å². The van der Waals surface area contributed by atoms with Crippen LogP contribution in [0.5, 0.6) is 11.5 Å². The molecule has 0 fully saturated rings. The van der Waals surface area contributed by atoms with Gasteiger partial charge in [-0.2, -0.15) is 0 Å². The number of rotatable bonds is 8. The van der Waals surface area contributed by atoms with E-state index < -0.39 is 18.0 Å². The molecule has 31 heavy (non-hydrogen) atoms. The van der Waals surface area contributed by atoms with Gasteiger partial charge in [-0.1, -0.05) is 30.3 Å². The van der Waals surface area contributed by atoms with Crippen molar-refractivity contribution in [2.24, 2.45) is 0 Å². The van der Waals surface area contributed by atoms with Gasteiger partial charge in [0.1, 0.15) is 11.5 Å². The molecular weight excluding hydrogens is 396 g/mol. The average molecular weight is 424 g/mol. The van der Waals surface area contributed by atoms with Gasteiger partial charge in [0, 0.05) is 11.6 Å². The average Bonchev–Trinajstić information content (AvgIpc) is 2.74. The van der Waals surface area contributed by atoms with E-state index in [9.17, 15) is 9.59 Å². The van der Waals surface area contributed by atoms with Crippen LogP contribution in [0.4, 0.5) is 4.79 Å². The molecule has 1 aliphatic rings. The summed E-state index contributed by atoms with van der Waals surface area (Å²) in [6, 6.07) is 13.4. The Morgan fingerprint density at radius 1 is 1.03 bits per heavy atom. The lowest BCUT2D eigenvalue weighted by Crippen LogP contribution is -2.45. The second-order valence-electron chi connectivity index (χ2n) is 7.21. The van der Waals surface area contributed by atoms with Crippen LogP contribution < -0.4 is 20.1 Å². The fraction of sp³-hybridized carbons (Fsp3) is 0.333. The highest BCUT2D eigenvalue weighted by Crippen LogP contribution is 2.38. The molecule has 0 saturated carbocycles. The normalized spacial score (nSPS) is 15.9. The topological polar surface area (TPSA) is 85.9 Å². The van der Waals surface area contributed by atoms with Crippen LogP contribution >= 0.6 is 0 Å². The van der Waals surface area contributed by atoms with Gasteiger partial charge in [0.05, 0.1) is 36.6 Å². The first-order valence-corrected chi connectivity index (χ1v) is 10.4. The van der Waals surface area contributed by atoms with Crippen LogP contribution in [-0.4, -0.2) is 31.3 Å². The van der Waals surface area contributed by atoms with Crippen molar-refractivity contribution in [3.8, 4) is 11.5 Å². The molecule has 0 radical (unpaired) electrons. The lowest BCUT2D eigenvalue weighted by Gasteiger charge is -2.31. The summed E-state index contributed by atoms with van der Waals surface area (Å²) in [4.78, 5) is 25.8. The molecule has 1 atom stereocenters. The van der Waals surface area contributed by atoms with Gasteiger partial charge in [0.25, 0.3) is 0 Å². The second kappa shape index (κ2) is 10.0. The zero-order chi connectivity index (χ0) is 22.4. The quantitative estimate of drug-likeness (QED) is 0.621. The number of hydrogen-bond donors (Lipinski definition) is 2. The van der Waals surface area contributed by atoms with Crippen molar-refractivity contribution < 1.29 is 23.8 Å². The molecule has 7 nitrogen and oxygen atoms in total. The van der Waals surface area contributed by atoms with Crippen LogP contribution in [0.1, 0.15) is 44.9 Å². The molecule has 2 N–H and O–H groups in total. The molecule has 1 heterocycles. The lowest BCUT2D eigenvalue weighted by molar-refractivity contribution is -0.143. The summed E-state index contributed by atoms with van der Waals surface area (Å²) < 4.78 is 17.0. The number of benzene rings is 2. The van der Waals surface area contributed by atoms with Crippen LogP contribution in [0.3, 0.4) is 0 Å². The van der Waals surface area contributed by atoms with E-state index in [4.69, 9.17) is 14.2 Å². The summed E-state index contributed by atoms with van der Waals surface area (Å²) in [6.45, 7) is 8.27. The van der Waals surface area contributed by atoms with Gasteiger partial charge in [0.15, 0.2) is 0 Å². The third-order valence-corrected chi connectivity index (χ3v) is 4.60. The van der Waals surface area contributed by atoms with E-state index in [1.54, 1.807) is 32.0 Å². The third kappa shape index (κ3) is 5.17. The van der Waals surface area contributed by atoms with E-state index in [0.717, 1.165) is 0 Å². The highest BCUT2D eigenvalue weighted by Gasteiger charge is 2.36. The number of nitrogens with one attached hydrogen (secondary N) is 2. The SMILES string of the molecule is CCOc1ccc(C2NC(=O)NC(c3ccccc3)=C2C(=O)OC(C)C)c(OCC)c1. The van der Waals surface area contributed by atoms with Crippen molar-refractivity contribution in [3.05, 3.63) is 65.2 Å². The Labute approximate surface area is 182 Å². The molecule has 0 aromatic heterocycles. The maximum Gasteiger partial charge on any atom is 0.338 e. The van der Waals surface area contributed by atoms with Crippen LogP contribution in [-0.2, 0) is 9.53 Å². The Balaban J connectivity index is 2.19. The Kier molecular flexibility index (Phi) is 7.18. The Morgan fingerprint density at radius 2 is 1.74 bits per heavy atom. The van der Waals surface area contributed by atoms with Crippen molar-refractivity contribution >= 4 is 17.7 Å². The fourth-order valence-corrected chi connectivity index (χ4v) is 3.42. The maximum absolute atomic E-state index is 13.2. The molecule has 2 amide bonds. The van der Waals surface area contributed by atoms with E-state index in [-0.39, 0.29) is 6.10 Å². The number of ether oxygens (including phenoxy) is 3. The lowest BCUT2D eigenvalue weighted by atomic mass is 9.92. The van der Waals surface area contributed by atoms with Crippen LogP contribution in [0, 0.1) is 0 Å². The minimum Gasteiger partial charge on any atom is -0.494 e. The number of esters is 1. The van der Waals surface area contributed by atoms with Crippen molar-refractivity contribution in [2.45, 2.75) is 39.8 Å². The van der Waals surface area contributed by atoms with E-state index in [2.05, 4.69) is 10.6 Å². The number of urea groups is 1. The van der Waals surface area contributed by atoms with Gasteiger partial charge in [-0.05, 0) is 45.4 Å². The highest BCUT2D eigenvalue weighted by molar-refractivity contribution is 6.04. The summed E-state index contributed by atoms with van der Waals surface area (Å²) in [5.74, 6) is 0.666. The molecule has 0 saturated heterocycles. The van der Waals surface area contributed by atoms with Crippen molar-refractivity contribution in [1.82, 2.24) is 10.6 Å². The Bertz CT molecular complexity index is 969. The number of amides is 2. The monoisotopic (exact) mass is 424 g/mol. The summed E-state index contributed by atoms with van der Waals surface area (Å²) in [6.07, 6.45) is -0.318. The van der Waals surface area contributed by atoms with E-state index in [1.165, 1.54) is 0 Å². The molecule has 7 heteroatoms. The first kappa shape index (κ1) is 22.2. The molecule has 1 aliphatic heterocycles. The van der Waals surface area contributed by atoms with Crippen LogP contribution in [0.15, 0.2) is 54.1 Å². The van der Waals surface area contributed by atoms with Crippen molar-refractivity contribution in [2.75, 3.05) is 13.2 Å².